The Morgan fingerprint density at radius 1 is 0.879 bits per heavy atom. The third kappa shape index (κ3) is 5.10. The monoisotopic (exact) mass is 451 g/mol. The number of hydrogen-bond donors (Lipinski definition) is 0. The third-order valence-electron chi connectivity index (χ3n) is 5.76. The molecule has 3 rings (SSSR count). The summed E-state index contributed by atoms with van der Waals surface area (Å²) in [5.41, 5.74) is 5.07. The van der Waals surface area contributed by atoms with Crippen molar-refractivity contribution in [2.24, 2.45) is 0 Å². The molecule has 0 radical (unpaired) electrons. The van der Waals surface area contributed by atoms with Gasteiger partial charge < -0.3 is 19.3 Å². The van der Waals surface area contributed by atoms with Crippen LogP contribution in [0, 0.1) is 13.8 Å². The van der Waals surface area contributed by atoms with Crippen LogP contribution in [0.1, 0.15) is 16.7 Å². The molecule has 0 saturated heterocycles. The normalized spacial score (nSPS) is 13.8. The second kappa shape index (κ2) is 10.6. The van der Waals surface area contributed by atoms with Gasteiger partial charge in [0.25, 0.3) is 11.8 Å². The maximum absolute atomic E-state index is 13.8. The summed E-state index contributed by atoms with van der Waals surface area (Å²) in [6, 6.07) is 13.4. The van der Waals surface area contributed by atoms with Crippen LogP contribution in [0.3, 0.4) is 0 Å². The number of aryl methyl sites for hydroxylation is 2. The maximum atomic E-state index is 13.8. The van der Waals surface area contributed by atoms with Gasteiger partial charge in [-0.1, -0.05) is 29.8 Å². The number of carbonyl (C=O) groups excluding carboxylic acids is 2. The summed E-state index contributed by atoms with van der Waals surface area (Å²) in [6.45, 7) is 5.75. The van der Waals surface area contributed by atoms with E-state index in [2.05, 4.69) is 0 Å². The van der Waals surface area contributed by atoms with Gasteiger partial charge in [0, 0.05) is 47.1 Å². The van der Waals surface area contributed by atoms with Crippen LogP contribution in [0.2, 0.25) is 0 Å². The SMILES string of the molecule is COCCN(CCOC)C1=C(c2ccc(C)cc2C)C(=O)N(c2cccc(N(C)C)c2)C1=O. The van der Waals surface area contributed by atoms with E-state index in [0.29, 0.717) is 43.3 Å². The summed E-state index contributed by atoms with van der Waals surface area (Å²) in [5, 5.41) is 0. The number of methoxy groups -OCH3 is 2. The van der Waals surface area contributed by atoms with Crippen LogP contribution < -0.4 is 9.80 Å². The van der Waals surface area contributed by atoms with Crippen LogP contribution in [0.4, 0.5) is 11.4 Å². The molecule has 2 amide bonds. The average molecular weight is 452 g/mol. The van der Waals surface area contributed by atoms with Gasteiger partial charge >= 0.3 is 0 Å². The van der Waals surface area contributed by atoms with Crippen molar-refractivity contribution in [2.75, 3.05) is 64.4 Å². The molecule has 0 saturated carbocycles. The summed E-state index contributed by atoms with van der Waals surface area (Å²) in [7, 11) is 7.09. The van der Waals surface area contributed by atoms with Crippen LogP contribution in [0.25, 0.3) is 5.57 Å². The zero-order valence-electron chi connectivity index (χ0n) is 20.3. The summed E-state index contributed by atoms with van der Waals surface area (Å²) < 4.78 is 10.6. The van der Waals surface area contributed by atoms with Gasteiger partial charge in [0.05, 0.1) is 24.5 Å². The number of nitrogens with zero attached hydrogens (tertiary/aromatic N) is 3. The average Bonchev–Trinajstić information content (AvgIpc) is 3.04. The van der Waals surface area contributed by atoms with Crippen molar-refractivity contribution < 1.29 is 19.1 Å². The molecular weight excluding hydrogens is 418 g/mol. The maximum Gasteiger partial charge on any atom is 0.282 e. The van der Waals surface area contributed by atoms with Gasteiger partial charge in [0.15, 0.2) is 0 Å². The van der Waals surface area contributed by atoms with E-state index in [9.17, 15) is 9.59 Å². The summed E-state index contributed by atoms with van der Waals surface area (Å²) in [4.78, 5) is 32.8. The van der Waals surface area contributed by atoms with Crippen LogP contribution in [0.15, 0.2) is 48.2 Å². The van der Waals surface area contributed by atoms with Crippen LogP contribution >= 0.6 is 0 Å². The molecule has 1 heterocycles. The second-order valence-corrected chi connectivity index (χ2v) is 8.37. The highest BCUT2D eigenvalue weighted by Gasteiger charge is 2.42. The van der Waals surface area contributed by atoms with Crippen molar-refractivity contribution >= 4 is 28.8 Å². The molecule has 7 nitrogen and oxygen atoms in total. The quantitative estimate of drug-likeness (QED) is 0.517. The van der Waals surface area contributed by atoms with E-state index in [-0.39, 0.29) is 11.8 Å². The molecule has 33 heavy (non-hydrogen) atoms. The first-order valence-corrected chi connectivity index (χ1v) is 11.0. The molecule has 1 aliphatic heterocycles. The van der Waals surface area contributed by atoms with Gasteiger partial charge in [0.2, 0.25) is 0 Å². The van der Waals surface area contributed by atoms with Crippen molar-refractivity contribution in [3.8, 4) is 0 Å². The van der Waals surface area contributed by atoms with Gasteiger partial charge in [-0.25, -0.2) is 4.90 Å². The van der Waals surface area contributed by atoms with Gasteiger partial charge in [-0.3, -0.25) is 9.59 Å². The lowest BCUT2D eigenvalue weighted by Gasteiger charge is -2.26. The minimum Gasteiger partial charge on any atom is -0.383 e. The first-order valence-electron chi connectivity index (χ1n) is 11.0. The van der Waals surface area contributed by atoms with Crippen molar-refractivity contribution in [2.45, 2.75) is 13.8 Å². The minimum absolute atomic E-state index is 0.322. The number of imide groups is 1. The molecule has 0 unspecified atom stereocenters. The molecule has 1 aliphatic rings. The summed E-state index contributed by atoms with van der Waals surface area (Å²) in [5.74, 6) is -0.657. The topological polar surface area (TPSA) is 62.3 Å². The molecule has 0 fully saturated rings. The highest BCUT2D eigenvalue weighted by Crippen LogP contribution is 2.37. The Morgan fingerprint density at radius 3 is 2.12 bits per heavy atom. The number of rotatable bonds is 10. The van der Waals surface area contributed by atoms with E-state index in [1.54, 1.807) is 20.3 Å². The zero-order chi connectivity index (χ0) is 24.1. The van der Waals surface area contributed by atoms with E-state index in [4.69, 9.17) is 9.47 Å². The highest BCUT2D eigenvalue weighted by molar-refractivity contribution is 6.45. The van der Waals surface area contributed by atoms with Crippen LogP contribution in [-0.4, -0.2) is 71.3 Å². The molecule has 0 spiro atoms. The fourth-order valence-electron chi connectivity index (χ4n) is 4.03. The fraction of sp³-hybridized carbons (Fsp3) is 0.385. The Hall–Kier alpha value is -3.16. The smallest absolute Gasteiger partial charge is 0.282 e. The van der Waals surface area contributed by atoms with Gasteiger partial charge in [0.1, 0.15) is 5.70 Å². The van der Waals surface area contributed by atoms with E-state index in [1.165, 1.54) is 4.90 Å². The number of amides is 2. The standard InChI is InChI=1S/C26H33N3O4/c1-18-10-11-22(19(2)16-18)23-24(28(12-14-32-5)13-15-33-6)26(31)29(25(23)30)21-9-7-8-20(17-21)27(3)4/h7-11,16-17H,12-15H2,1-6H3. The predicted molar refractivity (Wildman–Crippen MR) is 131 cm³/mol. The van der Waals surface area contributed by atoms with Crippen molar-refractivity contribution in [3.63, 3.8) is 0 Å². The first kappa shape index (κ1) is 24.5. The molecule has 2 aromatic carbocycles. The van der Waals surface area contributed by atoms with Crippen LogP contribution in [-0.2, 0) is 19.1 Å². The molecule has 0 N–H and O–H groups in total. The van der Waals surface area contributed by atoms with Crippen molar-refractivity contribution in [1.82, 2.24) is 4.90 Å². The van der Waals surface area contributed by atoms with Gasteiger partial charge in [-0.05, 0) is 43.2 Å². The fourth-order valence-corrected chi connectivity index (χ4v) is 4.03. The molecule has 2 aromatic rings. The number of benzene rings is 2. The third-order valence-corrected chi connectivity index (χ3v) is 5.76. The molecule has 0 aliphatic carbocycles. The van der Waals surface area contributed by atoms with E-state index in [0.717, 1.165) is 22.4 Å². The zero-order valence-corrected chi connectivity index (χ0v) is 20.3. The van der Waals surface area contributed by atoms with Gasteiger partial charge in [-0.2, -0.15) is 0 Å². The molecule has 0 aromatic heterocycles. The Balaban J connectivity index is 2.17. The lowest BCUT2D eigenvalue weighted by molar-refractivity contribution is -0.120. The highest BCUT2D eigenvalue weighted by atomic mass is 16.5. The number of hydrogen-bond acceptors (Lipinski definition) is 6. The second-order valence-electron chi connectivity index (χ2n) is 8.37. The van der Waals surface area contributed by atoms with Crippen molar-refractivity contribution in [1.29, 1.82) is 0 Å². The number of ether oxygens (including phenoxy) is 2. The molecule has 0 atom stereocenters. The van der Waals surface area contributed by atoms with E-state index >= 15 is 0 Å². The predicted octanol–water partition coefficient (Wildman–Crippen LogP) is 3.25. The largest absolute Gasteiger partial charge is 0.383 e. The summed E-state index contributed by atoms with van der Waals surface area (Å²) in [6.07, 6.45) is 0. The first-order chi connectivity index (χ1) is 15.8. The lowest BCUT2D eigenvalue weighted by Crippen LogP contribution is -2.37. The minimum atomic E-state index is -0.335. The molecular formula is C26H33N3O4. The van der Waals surface area contributed by atoms with Crippen LogP contribution in [0.5, 0.6) is 0 Å². The molecule has 0 bridgehead atoms. The van der Waals surface area contributed by atoms with E-state index in [1.807, 2.05) is 74.1 Å². The molecule has 7 heteroatoms. The van der Waals surface area contributed by atoms with Crippen molar-refractivity contribution in [3.05, 3.63) is 64.9 Å². The number of carbonyl (C=O) groups is 2. The Bertz CT molecular complexity index is 1050. The van der Waals surface area contributed by atoms with E-state index < -0.39 is 0 Å². The van der Waals surface area contributed by atoms with Gasteiger partial charge in [-0.15, -0.1) is 0 Å². The molecule has 176 valence electrons. The number of anilines is 2. The summed E-state index contributed by atoms with van der Waals surface area (Å²) >= 11 is 0. The Morgan fingerprint density at radius 2 is 1.55 bits per heavy atom. The Kier molecular flexibility index (Phi) is 7.89. The Labute approximate surface area is 196 Å². The lowest BCUT2D eigenvalue weighted by atomic mass is 9.97.